The van der Waals surface area contributed by atoms with Crippen LogP contribution in [-0.2, 0) is 9.31 Å². The van der Waals surface area contributed by atoms with Crippen LogP contribution in [0.1, 0.15) is 0 Å². The van der Waals surface area contributed by atoms with Crippen molar-refractivity contribution in [1.29, 1.82) is 0 Å². The molecular weight excluding hydrogens is 167 g/mol. The Balaban J connectivity index is 2.12. The van der Waals surface area contributed by atoms with Crippen LogP contribution < -0.4 is 10.2 Å². The zero-order valence-electron chi connectivity index (χ0n) is 7.53. The molecule has 4 heteroatoms. The molecule has 0 amide bonds. The molecule has 0 spiro atoms. The first-order chi connectivity index (χ1) is 6.40. The summed E-state index contributed by atoms with van der Waals surface area (Å²) in [5.41, 5.74) is 1.04. The monoisotopic (exact) mass is 178 g/mol. The van der Waals surface area contributed by atoms with Gasteiger partial charge in [0.2, 0.25) is 0 Å². The minimum Gasteiger partial charge on any atom is -0.497 e. The standard InChI is InChI=1S/C9H11BO3/c1-11-9-4-2-8(3-5-9)10-12-6-7-13-10/h2-5H,6-7H2,1H3. The van der Waals surface area contributed by atoms with E-state index in [-0.39, 0.29) is 7.12 Å². The molecule has 1 aromatic rings. The van der Waals surface area contributed by atoms with Gasteiger partial charge in [-0.15, -0.1) is 0 Å². The van der Waals surface area contributed by atoms with Gasteiger partial charge < -0.3 is 14.0 Å². The Morgan fingerprint density at radius 1 is 1.15 bits per heavy atom. The fourth-order valence-electron chi connectivity index (χ4n) is 1.31. The van der Waals surface area contributed by atoms with E-state index in [1.807, 2.05) is 24.3 Å². The van der Waals surface area contributed by atoms with E-state index in [4.69, 9.17) is 14.0 Å². The van der Waals surface area contributed by atoms with Gasteiger partial charge in [-0.25, -0.2) is 0 Å². The lowest BCUT2D eigenvalue weighted by molar-refractivity contribution is 0.365. The quantitative estimate of drug-likeness (QED) is 0.615. The highest BCUT2D eigenvalue weighted by atomic mass is 16.6. The second-order valence-electron chi connectivity index (χ2n) is 2.85. The lowest BCUT2D eigenvalue weighted by atomic mass is 9.79. The van der Waals surface area contributed by atoms with E-state index < -0.39 is 0 Å². The van der Waals surface area contributed by atoms with Crippen LogP contribution in [0.2, 0.25) is 0 Å². The van der Waals surface area contributed by atoms with Gasteiger partial charge in [0.1, 0.15) is 5.75 Å². The molecule has 0 unspecified atom stereocenters. The second kappa shape index (κ2) is 3.81. The minimum atomic E-state index is -0.189. The van der Waals surface area contributed by atoms with Crippen LogP contribution in [0, 0.1) is 0 Å². The average molecular weight is 178 g/mol. The molecule has 1 saturated heterocycles. The summed E-state index contributed by atoms with van der Waals surface area (Å²) in [5.74, 6) is 0.849. The van der Waals surface area contributed by atoms with Crippen molar-refractivity contribution < 1.29 is 14.0 Å². The molecular formula is C9H11BO3. The van der Waals surface area contributed by atoms with Gasteiger partial charge in [-0.05, 0) is 17.6 Å². The van der Waals surface area contributed by atoms with Gasteiger partial charge in [0.25, 0.3) is 0 Å². The third kappa shape index (κ3) is 1.84. The Morgan fingerprint density at radius 2 is 1.77 bits per heavy atom. The number of rotatable bonds is 2. The topological polar surface area (TPSA) is 27.7 Å². The lowest BCUT2D eigenvalue weighted by Crippen LogP contribution is -2.31. The fourth-order valence-corrected chi connectivity index (χ4v) is 1.31. The summed E-state index contributed by atoms with van der Waals surface area (Å²) in [5, 5.41) is 0. The molecule has 0 bridgehead atoms. The van der Waals surface area contributed by atoms with Gasteiger partial charge in [-0.1, -0.05) is 12.1 Å². The lowest BCUT2D eigenvalue weighted by Gasteiger charge is -2.04. The summed E-state index contributed by atoms with van der Waals surface area (Å²) in [7, 11) is 1.46. The molecule has 0 aliphatic carbocycles. The van der Waals surface area contributed by atoms with Crippen LogP contribution in [0.4, 0.5) is 0 Å². The molecule has 0 N–H and O–H groups in total. The average Bonchev–Trinajstić information content (AvgIpc) is 2.71. The smallest absolute Gasteiger partial charge is 0.494 e. The van der Waals surface area contributed by atoms with Crippen LogP contribution >= 0.6 is 0 Å². The van der Waals surface area contributed by atoms with Crippen molar-refractivity contribution in [3.05, 3.63) is 24.3 Å². The molecule has 3 nitrogen and oxygen atoms in total. The summed E-state index contributed by atoms with van der Waals surface area (Å²) in [4.78, 5) is 0. The molecule has 0 saturated carbocycles. The normalized spacial score (nSPS) is 16.2. The maximum Gasteiger partial charge on any atom is 0.494 e. The Hall–Kier alpha value is -0.995. The zero-order chi connectivity index (χ0) is 9.10. The zero-order valence-corrected chi connectivity index (χ0v) is 7.53. The van der Waals surface area contributed by atoms with Gasteiger partial charge in [0, 0.05) is 0 Å². The maximum atomic E-state index is 5.35. The fraction of sp³-hybridized carbons (Fsp3) is 0.333. The number of hydrogen-bond donors (Lipinski definition) is 0. The number of hydrogen-bond acceptors (Lipinski definition) is 3. The molecule has 68 valence electrons. The Kier molecular flexibility index (Phi) is 2.52. The van der Waals surface area contributed by atoms with Crippen LogP contribution in [0.5, 0.6) is 5.75 Å². The minimum absolute atomic E-state index is 0.189. The summed E-state index contributed by atoms with van der Waals surface area (Å²) in [6.45, 7) is 1.35. The highest BCUT2D eigenvalue weighted by Gasteiger charge is 2.25. The van der Waals surface area contributed by atoms with Gasteiger partial charge in [-0.3, -0.25) is 0 Å². The Morgan fingerprint density at radius 3 is 2.31 bits per heavy atom. The van der Waals surface area contributed by atoms with E-state index >= 15 is 0 Å². The van der Waals surface area contributed by atoms with Gasteiger partial charge in [0.15, 0.2) is 0 Å². The Labute approximate surface area is 77.8 Å². The molecule has 1 heterocycles. The summed E-state index contributed by atoms with van der Waals surface area (Å²) in [6, 6.07) is 7.71. The Bertz CT molecular complexity index is 267. The maximum absolute atomic E-state index is 5.35. The number of ether oxygens (including phenoxy) is 1. The molecule has 2 rings (SSSR count). The second-order valence-corrected chi connectivity index (χ2v) is 2.85. The number of benzene rings is 1. The van der Waals surface area contributed by atoms with E-state index in [9.17, 15) is 0 Å². The number of methoxy groups -OCH3 is 1. The SMILES string of the molecule is COc1ccc(B2OCCO2)cc1. The van der Waals surface area contributed by atoms with Crippen molar-refractivity contribution in [2.45, 2.75) is 0 Å². The highest BCUT2D eigenvalue weighted by Crippen LogP contribution is 2.08. The third-order valence-electron chi connectivity index (χ3n) is 2.01. The third-order valence-corrected chi connectivity index (χ3v) is 2.01. The van der Waals surface area contributed by atoms with Crippen molar-refractivity contribution in [1.82, 2.24) is 0 Å². The van der Waals surface area contributed by atoms with E-state index in [2.05, 4.69) is 0 Å². The van der Waals surface area contributed by atoms with Crippen molar-refractivity contribution >= 4 is 12.6 Å². The van der Waals surface area contributed by atoms with Crippen LogP contribution in [0.15, 0.2) is 24.3 Å². The van der Waals surface area contributed by atoms with Crippen LogP contribution in [-0.4, -0.2) is 27.4 Å². The van der Waals surface area contributed by atoms with Gasteiger partial charge in [0.05, 0.1) is 20.3 Å². The molecule has 0 atom stereocenters. The first-order valence-corrected chi connectivity index (χ1v) is 4.27. The van der Waals surface area contributed by atoms with Crippen molar-refractivity contribution in [3.8, 4) is 5.75 Å². The molecule has 13 heavy (non-hydrogen) atoms. The van der Waals surface area contributed by atoms with Crippen molar-refractivity contribution in [2.75, 3.05) is 20.3 Å². The highest BCUT2D eigenvalue weighted by molar-refractivity contribution is 6.61. The predicted molar refractivity (Wildman–Crippen MR) is 50.3 cm³/mol. The van der Waals surface area contributed by atoms with Gasteiger partial charge >= 0.3 is 7.12 Å². The first-order valence-electron chi connectivity index (χ1n) is 4.27. The first kappa shape index (κ1) is 8.60. The molecule has 1 aromatic carbocycles. The predicted octanol–water partition coefficient (Wildman–Crippen LogP) is 0.437. The summed E-state index contributed by atoms with van der Waals surface area (Å²) < 4.78 is 15.7. The molecule has 1 aliphatic heterocycles. The van der Waals surface area contributed by atoms with E-state index in [1.165, 1.54) is 0 Å². The summed E-state index contributed by atoms with van der Waals surface area (Å²) in [6.07, 6.45) is 0. The van der Waals surface area contributed by atoms with Gasteiger partial charge in [-0.2, -0.15) is 0 Å². The van der Waals surface area contributed by atoms with Crippen LogP contribution in [0.25, 0.3) is 0 Å². The van der Waals surface area contributed by atoms with E-state index in [1.54, 1.807) is 7.11 Å². The summed E-state index contributed by atoms with van der Waals surface area (Å²) >= 11 is 0. The van der Waals surface area contributed by atoms with E-state index in [0.717, 1.165) is 11.2 Å². The molecule has 1 aliphatic rings. The van der Waals surface area contributed by atoms with Crippen LogP contribution in [0.3, 0.4) is 0 Å². The molecule has 1 fully saturated rings. The van der Waals surface area contributed by atoms with E-state index in [0.29, 0.717) is 13.2 Å². The molecule has 0 radical (unpaired) electrons. The molecule has 0 aromatic heterocycles. The largest absolute Gasteiger partial charge is 0.497 e. The van der Waals surface area contributed by atoms with Crippen molar-refractivity contribution in [2.24, 2.45) is 0 Å². The van der Waals surface area contributed by atoms with Crippen molar-refractivity contribution in [3.63, 3.8) is 0 Å².